The lowest BCUT2D eigenvalue weighted by atomic mass is 9.70. The standard InChI is InChI=1S/C24H32N2O3S/c1-23(2)19-13-14-24(23,20(27)15-19)16-30(28,29)26-22(18-11-7-4-8-12-18)21(25)17-9-5-3-6-10-17/h3-12,19-22,26-27H,13-16,25H2,1-2H3/t19?,20?,21?,22?,24-/m1/s1. The molecule has 0 amide bonds. The molecule has 0 spiro atoms. The number of aliphatic hydroxyl groups is 1. The highest BCUT2D eigenvalue weighted by molar-refractivity contribution is 7.89. The van der Waals surface area contributed by atoms with E-state index in [-0.39, 0.29) is 11.2 Å². The summed E-state index contributed by atoms with van der Waals surface area (Å²) >= 11 is 0. The first-order valence-corrected chi connectivity index (χ1v) is 12.3. The Morgan fingerprint density at radius 1 is 1.07 bits per heavy atom. The second-order valence-electron chi connectivity index (χ2n) is 9.57. The number of hydrogen-bond acceptors (Lipinski definition) is 4. The molecule has 0 heterocycles. The fourth-order valence-corrected chi connectivity index (χ4v) is 7.97. The van der Waals surface area contributed by atoms with Crippen molar-refractivity contribution in [3.63, 3.8) is 0 Å². The van der Waals surface area contributed by atoms with Gasteiger partial charge in [-0.1, -0.05) is 74.5 Å². The maximum absolute atomic E-state index is 13.4. The number of aliphatic hydroxyl groups excluding tert-OH is 1. The lowest BCUT2D eigenvalue weighted by molar-refractivity contribution is 0.0151. The van der Waals surface area contributed by atoms with Crippen molar-refractivity contribution >= 4 is 10.0 Å². The molecule has 5 nitrogen and oxygen atoms in total. The van der Waals surface area contributed by atoms with Gasteiger partial charge in [-0.25, -0.2) is 13.1 Å². The third-order valence-electron chi connectivity index (χ3n) is 7.84. The topological polar surface area (TPSA) is 92.4 Å². The molecular weight excluding hydrogens is 396 g/mol. The zero-order valence-corrected chi connectivity index (χ0v) is 18.5. The average Bonchev–Trinajstić information content (AvgIpc) is 3.07. The highest BCUT2D eigenvalue weighted by atomic mass is 32.2. The molecule has 30 heavy (non-hydrogen) atoms. The van der Waals surface area contributed by atoms with E-state index in [9.17, 15) is 13.5 Å². The van der Waals surface area contributed by atoms with Crippen LogP contribution in [0.1, 0.15) is 56.3 Å². The van der Waals surface area contributed by atoms with Gasteiger partial charge in [-0.05, 0) is 41.7 Å². The first-order valence-electron chi connectivity index (χ1n) is 10.7. The van der Waals surface area contributed by atoms with Crippen LogP contribution in [0.4, 0.5) is 0 Å². The van der Waals surface area contributed by atoms with E-state index in [0.717, 1.165) is 24.0 Å². The molecule has 2 bridgehead atoms. The third kappa shape index (κ3) is 3.60. The quantitative estimate of drug-likeness (QED) is 0.629. The summed E-state index contributed by atoms with van der Waals surface area (Å²) in [6, 6.07) is 17.9. The van der Waals surface area contributed by atoms with Gasteiger partial charge in [0.05, 0.1) is 23.9 Å². The zero-order chi connectivity index (χ0) is 21.6. The van der Waals surface area contributed by atoms with Crippen LogP contribution in [0.2, 0.25) is 0 Å². The van der Waals surface area contributed by atoms with Gasteiger partial charge < -0.3 is 10.8 Å². The van der Waals surface area contributed by atoms with Crippen LogP contribution in [0, 0.1) is 16.7 Å². The van der Waals surface area contributed by atoms with Crippen LogP contribution in [-0.2, 0) is 10.0 Å². The van der Waals surface area contributed by atoms with Crippen LogP contribution in [0.15, 0.2) is 60.7 Å². The first-order chi connectivity index (χ1) is 14.2. The van der Waals surface area contributed by atoms with E-state index in [1.807, 2.05) is 60.7 Å². The van der Waals surface area contributed by atoms with Crippen LogP contribution >= 0.6 is 0 Å². The molecule has 162 valence electrons. The van der Waals surface area contributed by atoms with Gasteiger partial charge in [0.25, 0.3) is 0 Å². The molecule has 2 saturated carbocycles. The summed E-state index contributed by atoms with van der Waals surface area (Å²) in [5, 5.41) is 10.8. The van der Waals surface area contributed by atoms with E-state index in [4.69, 9.17) is 5.73 Å². The molecule has 0 radical (unpaired) electrons. The molecule has 0 aromatic heterocycles. The molecule has 0 saturated heterocycles. The van der Waals surface area contributed by atoms with E-state index in [0.29, 0.717) is 12.3 Å². The largest absolute Gasteiger partial charge is 0.392 e. The Balaban J connectivity index is 1.64. The highest BCUT2D eigenvalue weighted by Gasteiger charge is 2.65. The third-order valence-corrected chi connectivity index (χ3v) is 9.35. The van der Waals surface area contributed by atoms with Gasteiger partial charge in [-0.15, -0.1) is 0 Å². The number of sulfonamides is 1. The van der Waals surface area contributed by atoms with Crippen molar-refractivity contribution in [2.75, 3.05) is 5.75 Å². The van der Waals surface area contributed by atoms with Crippen molar-refractivity contribution in [3.8, 4) is 0 Å². The first kappa shape index (κ1) is 21.5. The summed E-state index contributed by atoms with van der Waals surface area (Å²) in [7, 11) is -3.70. The number of nitrogens with one attached hydrogen (secondary N) is 1. The van der Waals surface area contributed by atoms with Crippen molar-refractivity contribution in [3.05, 3.63) is 71.8 Å². The Bertz CT molecular complexity index is 978. The number of fused-ring (bicyclic) bond motifs is 2. The van der Waals surface area contributed by atoms with Gasteiger partial charge in [0.2, 0.25) is 10.0 Å². The smallest absolute Gasteiger partial charge is 0.212 e. The minimum Gasteiger partial charge on any atom is -0.392 e. The number of hydrogen-bond donors (Lipinski definition) is 3. The number of nitrogens with two attached hydrogens (primary N) is 1. The second kappa shape index (κ2) is 7.75. The molecule has 2 aromatic carbocycles. The summed E-state index contributed by atoms with van der Waals surface area (Å²) in [6.07, 6.45) is 1.83. The Labute approximate surface area is 179 Å². The number of rotatable bonds is 7. The molecule has 2 fully saturated rings. The van der Waals surface area contributed by atoms with Gasteiger partial charge in [0.15, 0.2) is 0 Å². The fraction of sp³-hybridized carbons (Fsp3) is 0.500. The summed E-state index contributed by atoms with van der Waals surface area (Å²) < 4.78 is 29.8. The van der Waals surface area contributed by atoms with Crippen LogP contribution in [-0.4, -0.2) is 25.4 Å². The van der Waals surface area contributed by atoms with E-state index in [1.165, 1.54) is 0 Å². The molecule has 2 aliphatic carbocycles. The van der Waals surface area contributed by atoms with Gasteiger partial charge in [-0.3, -0.25) is 0 Å². The molecule has 6 heteroatoms. The monoisotopic (exact) mass is 428 g/mol. The van der Waals surface area contributed by atoms with E-state index >= 15 is 0 Å². The Hall–Kier alpha value is -1.73. The molecule has 2 aliphatic rings. The zero-order valence-electron chi connectivity index (χ0n) is 17.7. The van der Waals surface area contributed by atoms with Crippen LogP contribution in [0.5, 0.6) is 0 Å². The van der Waals surface area contributed by atoms with Crippen LogP contribution < -0.4 is 10.5 Å². The summed E-state index contributed by atoms with van der Waals surface area (Å²) in [4.78, 5) is 0. The maximum atomic E-state index is 13.4. The molecule has 5 atom stereocenters. The second-order valence-corrected chi connectivity index (χ2v) is 11.3. The predicted octanol–water partition coefficient (Wildman–Crippen LogP) is 3.53. The molecule has 4 rings (SSSR count). The minimum atomic E-state index is -3.70. The summed E-state index contributed by atoms with van der Waals surface area (Å²) in [5.74, 6) is 0.300. The van der Waals surface area contributed by atoms with E-state index < -0.39 is 33.6 Å². The van der Waals surface area contributed by atoms with Crippen molar-refractivity contribution in [1.82, 2.24) is 4.72 Å². The van der Waals surface area contributed by atoms with Crippen molar-refractivity contribution in [2.24, 2.45) is 22.5 Å². The van der Waals surface area contributed by atoms with Crippen molar-refractivity contribution < 1.29 is 13.5 Å². The van der Waals surface area contributed by atoms with Gasteiger partial charge in [0, 0.05) is 5.41 Å². The normalized spacial score (nSPS) is 29.6. The molecule has 2 aromatic rings. The molecular formula is C24H32N2O3S. The Morgan fingerprint density at radius 2 is 1.63 bits per heavy atom. The van der Waals surface area contributed by atoms with Gasteiger partial charge >= 0.3 is 0 Å². The van der Waals surface area contributed by atoms with E-state index in [1.54, 1.807) is 0 Å². The fourth-order valence-electron chi connectivity index (χ4n) is 5.83. The van der Waals surface area contributed by atoms with Crippen molar-refractivity contribution in [2.45, 2.75) is 51.3 Å². The Morgan fingerprint density at radius 3 is 2.13 bits per heavy atom. The average molecular weight is 429 g/mol. The lowest BCUT2D eigenvalue weighted by Crippen LogP contribution is -2.48. The maximum Gasteiger partial charge on any atom is 0.212 e. The minimum absolute atomic E-state index is 0.0739. The summed E-state index contributed by atoms with van der Waals surface area (Å²) in [5.41, 5.74) is 7.45. The van der Waals surface area contributed by atoms with E-state index in [2.05, 4.69) is 18.6 Å². The van der Waals surface area contributed by atoms with Crippen LogP contribution in [0.25, 0.3) is 0 Å². The van der Waals surface area contributed by atoms with Crippen molar-refractivity contribution in [1.29, 1.82) is 0 Å². The predicted molar refractivity (Wildman–Crippen MR) is 119 cm³/mol. The lowest BCUT2D eigenvalue weighted by Gasteiger charge is -2.40. The molecule has 4 unspecified atom stereocenters. The van der Waals surface area contributed by atoms with Crippen LogP contribution in [0.3, 0.4) is 0 Å². The SMILES string of the molecule is CC1(C)C2CC[C@@]1(CS(=O)(=O)NC(c1ccccc1)C(N)c1ccccc1)C(O)C2. The summed E-state index contributed by atoms with van der Waals surface area (Å²) in [6.45, 7) is 4.22. The van der Waals surface area contributed by atoms with Gasteiger partial charge in [0.1, 0.15) is 0 Å². The molecule has 0 aliphatic heterocycles. The molecule has 4 N–H and O–H groups in total. The number of benzene rings is 2. The highest BCUT2D eigenvalue weighted by Crippen LogP contribution is 2.66. The van der Waals surface area contributed by atoms with Gasteiger partial charge in [-0.2, -0.15) is 0 Å². The Kier molecular flexibility index (Phi) is 5.56.